The van der Waals surface area contributed by atoms with Crippen molar-refractivity contribution in [2.75, 3.05) is 6.54 Å². The van der Waals surface area contributed by atoms with Crippen LogP contribution in [0.15, 0.2) is 23.0 Å². The highest BCUT2D eigenvalue weighted by Crippen LogP contribution is 2.68. The zero-order valence-corrected chi connectivity index (χ0v) is 21.5. The molecule has 0 aromatic carbocycles. The first kappa shape index (κ1) is 23.5. The monoisotopic (exact) mass is 455 g/mol. The first-order chi connectivity index (χ1) is 15.6. The molecule has 0 aromatic rings. The number of aliphatic hydroxyl groups is 1. The van der Waals surface area contributed by atoms with Gasteiger partial charge in [0.1, 0.15) is 6.10 Å². The van der Waals surface area contributed by atoms with Crippen LogP contribution in [-0.2, 0) is 9.53 Å². The molecule has 33 heavy (non-hydrogen) atoms. The molecule has 0 saturated heterocycles. The van der Waals surface area contributed by atoms with Gasteiger partial charge >= 0.3 is 0 Å². The molecule has 1 aliphatic heterocycles. The number of fused-ring (bicyclic) bond motifs is 7. The van der Waals surface area contributed by atoms with Crippen molar-refractivity contribution < 1.29 is 14.6 Å². The van der Waals surface area contributed by atoms with E-state index in [1.54, 1.807) is 12.5 Å². The summed E-state index contributed by atoms with van der Waals surface area (Å²) in [6.45, 7) is 12.0. The summed E-state index contributed by atoms with van der Waals surface area (Å²) < 4.78 is 6.70. The average Bonchev–Trinajstić information content (AvgIpc) is 3.24. The maximum absolute atomic E-state index is 11.2. The lowest BCUT2D eigenvalue weighted by atomic mass is 9.47. The largest absolute Gasteiger partial charge is 0.494 e. The van der Waals surface area contributed by atoms with Gasteiger partial charge < -0.3 is 15.2 Å². The Balaban J connectivity index is 1.30. The van der Waals surface area contributed by atoms with Gasteiger partial charge in [0.25, 0.3) is 0 Å². The average molecular weight is 456 g/mol. The van der Waals surface area contributed by atoms with Gasteiger partial charge in [-0.15, -0.1) is 0 Å². The Bertz CT molecular complexity index is 861. The summed E-state index contributed by atoms with van der Waals surface area (Å²) in [6.07, 6.45) is 13.0. The molecule has 0 radical (unpaired) electrons. The molecule has 9 atom stereocenters. The maximum Gasteiger partial charge on any atom is 0.216 e. The minimum absolute atomic E-state index is 0.0569. The van der Waals surface area contributed by atoms with Crippen molar-refractivity contribution in [2.45, 2.75) is 105 Å². The first-order valence-corrected chi connectivity index (χ1v) is 13.6. The van der Waals surface area contributed by atoms with Crippen molar-refractivity contribution in [3.63, 3.8) is 0 Å². The van der Waals surface area contributed by atoms with Crippen LogP contribution in [0.4, 0.5) is 0 Å². The molecule has 0 unspecified atom stereocenters. The summed E-state index contributed by atoms with van der Waals surface area (Å²) in [7, 11) is 0. The fourth-order valence-electron chi connectivity index (χ4n) is 9.02. The Morgan fingerprint density at radius 1 is 1.27 bits per heavy atom. The number of amides is 1. The molecule has 2 N–H and O–H groups in total. The number of ether oxygens (including phenoxy) is 1. The molecular weight excluding hydrogens is 410 g/mol. The minimum atomic E-state index is -0.124. The fourth-order valence-corrected chi connectivity index (χ4v) is 9.02. The van der Waals surface area contributed by atoms with E-state index < -0.39 is 0 Å². The van der Waals surface area contributed by atoms with Crippen LogP contribution < -0.4 is 5.32 Å². The lowest BCUT2D eigenvalue weighted by Crippen LogP contribution is -2.50. The van der Waals surface area contributed by atoms with Crippen molar-refractivity contribution in [3.05, 3.63) is 23.0 Å². The number of allylic oxidation sites excluding steroid dienone is 2. The molecule has 5 aliphatic rings. The topological polar surface area (TPSA) is 58.6 Å². The molecule has 184 valence electrons. The van der Waals surface area contributed by atoms with Crippen LogP contribution in [0.2, 0.25) is 0 Å². The SMILES string of the molecule is CC(=O)NC[C@H](C)CCC1=C(C)[C@H]2[C@H](C[C@H]3[C@H]4CC=C5C[C@@H](O)CC[C@]5(C)[C@@H]4CC[C@]32C)O1. The molecule has 5 rings (SSSR count). The lowest BCUT2D eigenvalue weighted by Gasteiger charge is -2.57. The van der Waals surface area contributed by atoms with E-state index in [1.807, 2.05) is 0 Å². The molecular formula is C29H45NO3. The number of aliphatic hydroxyl groups excluding tert-OH is 1. The first-order valence-electron chi connectivity index (χ1n) is 13.6. The number of hydrogen-bond acceptors (Lipinski definition) is 3. The second kappa shape index (κ2) is 8.43. The highest BCUT2D eigenvalue weighted by Gasteiger charge is 2.63. The van der Waals surface area contributed by atoms with Crippen LogP contribution in [0.25, 0.3) is 0 Å². The molecule has 3 fully saturated rings. The number of carbonyl (C=O) groups excluding carboxylic acids is 1. The third-order valence-electron chi connectivity index (χ3n) is 10.8. The Morgan fingerprint density at radius 2 is 2.06 bits per heavy atom. The molecule has 4 aliphatic carbocycles. The van der Waals surface area contributed by atoms with Gasteiger partial charge in [0.2, 0.25) is 5.91 Å². The lowest BCUT2D eigenvalue weighted by molar-refractivity contribution is -0.119. The van der Waals surface area contributed by atoms with Crippen molar-refractivity contribution in [3.8, 4) is 0 Å². The Morgan fingerprint density at radius 3 is 2.82 bits per heavy atom. The number of hydrogen-bond donors (Lipinski definition) is 2. The molecule has 4 heteroatoms. The Labute approximate surface area is 200 Å². The van der Waals surface area contributed by atoms with Crippen LogP contribution in [-0.4, -0.2) is 29.8 Å². The van der Waals surface area contributed by atoms with Crippen LogP contribution in [0, 0.1) is 40.4 Å². The van der Waals surface area contributed by atoms with E-state index in [0.717, 1.165) is 56.4 Å². The van der Waals surface area contributed by atoms with Gasteiger partial charge in [-0.25, -0.2) is 0 Å². The molecule has 1 amide bonds. The third kappa shape index (κ3) is 3.79. The minimum Gasteiger partial charge on any atom is -0.494 e. The third-order valence-corrected chi connectivity index (χ3v) is 10.8. The van der Waals surface area contributed by atoms with E-state index in [0.29, 0.717) is 28.8 Å². The van der Waals surface area contributed by atoms with Crippen LogP contribution in [0.1, 0.15) is 92.4 Å². The molecule has 4 nitrogen and oxygen atoms in total. The summed E-state index contributed by atoms with van der Waals surface area (Å²) in [5, 5.41) is 13.2. The second-order valence-corrected chi connectivity index (χ2v) is 12.8. The van der Waals surface area contributed by atoms with E-state index in [1.165, 1.54) is 37.0 Å². The normalized spacial score (nSPS) is 44.7. The number of rotatable bonds is 5. The van der Waals surface area contributed by atoms with Crippen molar-refractivity contribution in [1.29, 1.82) is 0 Å². The van der Waals surface area contributed by atoms with Crippen LogP contribution in [0.3, 0.4) is 0 Å². The Hall–Kier alpha value is -1.29. The van der Waals surface area contributed by atoms with E-state index in [4.69, 9.17) is 4.74 Å². The van der Waals surface area contributed by atoms with Crippen molar-refractivity contribution in [2.24, 2.45) is 40.4 Å². The second-order valence-electron chi connectivity index (χ2n) is 12.8. The van der Waals surface area contributed by atoms with Gasteiger partial charge in [0.15, 0.2) is 0 Å². The van der Waals surface area contributed by atoms with Gasteiger partial charge in [0.05, 0.1) is 11.9 Å². The van der Waals surface area contributed by atoms with E-state index >= 15 is 0 Å². The van der Waals surface area contributed by atoms with Crippen molar-refractivity contribution >= 4 is 5.91 Å². The predicted molar refractivity (Wildman–Crippen MR) is 131 cm³/mol. The molecule has 0 spiro atoms. The summed E-state index contributed by atoms with van der Waals surface area (Å²) >= 11 is 0. The number of nitrogens with one attached hydrogen (secondary N) is 1. The smallest absolute Gasteiger partial charge is 0.216 e. The van der Waals surface area contributed by atoms with Crippen molar-refractivity contribution in [1.82, 2.24) is 5.32 Å². The van der Waals surface area contributed by atoms with Gasteiger partial charge in [0, 0.05) is 25.8 Å². The Kier molecular flexibility index (Phi) is 5.99. The fraction of sp³-hybridized carbons (Fsp3) is 0.828. The summed E-state index contributed by atoms with van der Waals surface area (Å²) in [5.74, 6) is 4.66. The van der Waals surface area contributed by atoms with Gasteiger partial charge in [-0.3, -0.25) is 4.79 Å². The highest BCUT2D eigenvalue weighted by molar-refractivity contribution is 5.72. The van der Waals surface area contributed by atoms with E-state index in [9.17, 15) is 9.90 Å². The van der Waals surface area contributed by atoms with Crippen LogP contribution in [0.5, 0.6) is 0 Å². The van der Waals surface area contributed by atoms with Gasteiger partial charge in [-0.2, -0.15) is 0 Å². The molecule has 1 heterocycles. The summed E-state index contributed by atoms with van der Waals surface area (Å²) in [6, 6.07) is 0. The van der Waals surface area contributed by atoms with E-state index in [2.05, 4.69) is 39.1 Å². The van der Waals surface area contributed by atoms with Gasteiger partial charge in [-0.1, -0.05) is 32.4 Å². The quantitative estimate of drug-likeness (QED) is 0.518. The zero-order valence-electron chi connectivity index (χ0n) is 21.5. The van der Waals surface area contributed by atoms with E-state index in [-0.39, 0.29) is 12.0 Å². The standard InChI is InChI=1S/C29H45NO3/c1-17(16-30-19(3)31)6-9-25-18(2)27-26(33-25)15-24-22-8-7-20-14-21(32)10-12-28(20,4)23(22)11-13-29(24,27)5/h7,17,21-24,26-27,32H,6,8-16H2,1-5H3,(H,30,31)/t17-,21+,22+,23-,24+,26+,27+,28+,29-/m1/s1. The molecule has 0 aromatic heterocycles. The molecule has 3 saturated carbocycles. The zero-order chi connectivity index (χ0) is 23.5. The summed E-state index contributed by atoms with van der Waals surface area (Å²) in [4.78, 5) is 11.2. The van der Waals surface area contributed by atoms with Crippen LogP contribution >= 0.6 is 0 Å². The number of carbonyl (C=O) groups is 1. The summed E-state index contributed by atoms with van der Waals surface area (Å²) in [5.41, 5.74) is 3.75. The molecule has 0 bridgehead atoms. The van der Waals surface area contributed by atoms with Gasteiger partial charge in [-0.05, 0) is 98.4 Å². The maximum atomic E-state index is 11.2. The highest BCUT2D eigenvalue weighted by atomic mass is 16.5. The predicted octanol–water partition coefficient (Wildman–Crippen LogP) is 5.76.